The van der Waals surface area contributed by atoms with Crippen LogP contribution in [0.3, 0.4) is 0 Å². The minimum absolute atomic E-state index is 0.0119. The van der Waals surface area contributed by atoms with E-state index in [4.69, 9.17) is 0 Å². The fourth-order valence-electron chi connectivity index (χ4n) is 6.49. The quantitative estimate of drug-likeness (QED) is 0.174. The number of pyridine rings is 1. The molecule has 3 amide bonds. The Morgan fingerprint density at radius 2 is 1.47 bits per heavy atom. The lowest BCUT2D eigenvalue weighted by atomic mass is 10.0. The Hall–Kier alpha value is -5.29. The second-order valence-corrected chi connectivity index (χ2v) is 12.9. The van der Waals surface area contributed by atoms with Crippen LogP contribution < -0.4 is 4.90 Å². The summed E-state index contributed by atoms with van der Waals surface area (Å²) in [5.41, 5.74) is 2.38. The number of carbonyl (C=O) groups is 3. The number of carbonyl (C=O) groups excluding carboxylic acids is 3. The van der Waals surface area contributed by atoms with E-state index in [0.29, 0.717) is 56.1 Å². The van der Waals surface area contributed by atoms with Crippen molar-refractivity contribution in [1.29, 1.82) is 0 Å². The number of alkyl halides is 3. The van der Waals surface area contributed by atoms with Crippen LogP contribution in [0.5, 0.6) is 0 Å². The highest BCUT2D eigenvalue weighted by Gasteiger charge is 2.34. The molecule has 2 saturated heterocycles. The van der Waals surface area contributed by atoms with Crippen LogP contribution in [0.25, 0.3) is 6.08 Å². The second-order valence-electron chi connectivity index (χ2n) is 12.9. The molecule has 0 N–H and O–H groups in total. The van der Waals surface area contributed by atoms with Crippen molar-refractivity contribution in [3.8, 4) is 0 Å². The summed E-state index contributed by atoms with van der Waals surface area (Å²) in [6, 6.07) is 26.9. The summed E-state index contributed by atoms with van der Waals surface area (Å²) < 4.78 is 39.5. The van der Waals surface area contributed by atoms with Crippen LogP contribution in [-0.4, -0.2) is 76.2 Å². The van der Waals surface area contributed by atoms with Gasteiger partial charge in [0.05, 0.1) is 5.56 Å². The monoisotopic (exact) mass is 695 g/mol. The first-order chi connectivity index (χ1) is 24.6. The predicted octanol–water partition coefficient (Wildman–Crippen LogP) is 6.22. The van der Waals surface area contributed by atoms with Crippen LogP contribution in [0.2, 0.25) is 0 Å². The van der Waals surface area contributed by atoms with E-state index in [1.165, 1.54) is 34.7 Å². The van der Waals surface area contributed by atoms with E-state index in [1.54, 1.807) is 23.2 Å². The van der Waals surface area contributed by atoms with Gasteiger partial charge in [-0.3, -0.25) is 24.2 Å². The van der Waals surface area contributed by atoms with Crippen LogP contribution in [0.4, 0.5) is 19.0 Å². The standard InChI is InChI=1S/C40H40F3N5O3/c41-40(42,43)34-17-13-30(14-18-34)16-20-38(50)48(29-33-15-19-36(44-27-33)47-21-7-12-37(47)49)35(26-31-8-3-1-4-9-31)39(51)46-24-22-45(23-25-46)28-32-10-5-2-6-11-32/h1-6,8-11,13-20,27,35H,7,12,21-26,28-29H2/b20-16+/t35-/m0/s1. The number of rotatable bonds is 11. The Morgan fingerprint density at radius 1 is 0.804 bits per heavy atom. The second kappa shape index (κ2) is 16.2. The molecular weight excluding hydrogens is 655 g/mol. The van der Waals surface area contributed by atoms with Gasteiger partial charge in [-0.05, 0) is 52.9 Å². The number of piperazine rings is 1. The third-order valence-electron chi connectivity index (χ3n) is 9.32. The van der Waals surface area contributed by atoms with E-state index in [0.717, 1.165) is 30.7 Å². The zero-order valence-electron chi connectivity index (χ0n) is 28.2. The number of amides is 3. The van der Waals surface area contributed by atoms with Gasteiger partial charge in [0.2, 0.25) is 17.7 Å². The Morgan fingerprint density at radius 3 is 2.06 bits per heavy atom. The van der Waals surface area contributed by atoms with Crippen LogP contribution in [0.15, 0.2) is 109 Å². The number of nitrogens with zero attached hydrogens (tertiary/aromatic N) is 5. The summed E-state index contributed by atoms with van der Waals surface area (Å²) in [7, 11) is 0. The maximum atomic E-state index is 14.5. The minimum Gasteiger partial charge on any atom is -0.338 e. The van der Waals surface area contributed by atoms with Gasteiger partial charge in [-0.2, -0.15) is 13.2 Å². The third-order valence-corrected chi connectivity index (χ3v) is 9.32. The minimum atomic E-state index is -4.47. The smallest absolute Gasteiger partial charge is 0.338 e. The van der Waals surface area contributed by atoms with Crippen LogP contribution in [-0.2, 0) is 40.1 Å². The van der Waals surface area contributed by atoms with Gasteiger partial charge in [-0.15, -0.1) is 0 Å². The molecule has 0 saturated carbocycles. The Labute approximate surface area is 295 Å². The van der Waals surface area contributed by atoms with E-state index in [-0.39, 0.29) is 24.8 Å². The maximum Gasteiger partial charge on any atom is 0.416 e. The molecule has 8 nitrogen and oxygen atoms in total. The Kier molecular flexibility index (Phi) is 11.3. The molecule has 0 bridgehead atoms. The van der Waals surface area contributed by atoms with Crippen molar-refractivity contribution in [3.05, 3.63) is 137 Å². The SMILES string of the molecule is O=C([C@H](Cc1ccccc1)N(Cc1ccc(N2CCCC2=O)nc1)C(=O)/C=C/c1ccc(C(F)(F)F)cc1)N1CCN(Cc2ccccc2)CC1. The molecule has 2 fully saturated rings. The number of hydrogen-bond donors (Lipinski definition) is 0. The maximum absolute atomic E-state index is 14.5. The lowest BCUT2D eigenvalue weighted by Crippen LogP contribution is -2.56. The van der Waals surface area contributed by atoms with E-state index >= 15 is 0 Å². The van der Waals surface area contributed by atoms with Crippen molar-refractivity contribution < 1.29 is 27.6 Å². The molecule has 1 aromatic heterocycles. The van der Waals surface area contributed by atoms with E-state index in [1.807, 2.05) is 53.4 Å². The van der Waals surface area contributed by atoms with Crippen LogP contribution in [0.1, 0.15) is 40.7 Å². The van der Waals surface area contributed by atoms with Crippen molar-refractivity contribution in [2.24, 2.45) is 0 Å². The topological polar surface area (TPSA) is 77.1 Å². The molecule has 1 atom stereocenters. The highest BCUT2D eigenvalue weighted by molar-refractivity contribution is 5.96. The van der Waals surface area contributed by atoms with Gasteiger partial charge in [0.15, 0.2) is 0 Å². The van der Waals surface area contributed by atoms with Gasteiger partial charge in [0.1, 0.15) is 11.9 Å². The first-order valence-electron chi connectivity index (χ1n) is 17.1. The number of benzene rings is 3. The van der Waals surface area contributed by atoms with E-state index in [9.17, 15) is 27.6 Å². The van der Waals surface area contributed by atoms with Gasteiger partial charge < -0.3 is 9.80 Å². The summed E-state index contributed by atoms with van der Waals surface area (Å²) in [5, 5.41) is 0. The molecule has 51 heavy (non-hydrogen) atoms. The molecule has 11 heteroatoms. The molecule has 0 spiro atoms. The van der Waals surface area contributed by atoms with Crippen LogP contribution >= 0.6 is 0 Å². The highest BCUT2D eigenvalue weighted by Crippen LogP contribution is 2.29. The molecule has 6 rings (SSSR count). The summed E-state index contributed by atoms with van der Waals surface area (Å²) in [6.45, 7) is 3.79. The average Bonchev–Trinajstić information content (AvgIpc) is 3.58. The summed E-state index contributed by atoms with van der Waals surface area (Å²) in [4.78, 5) is 52.7. The number of hydrogen-bond acceptors (Lipinski definition) is 5. The number of aromatic nitrogens is 1. The van der Waals surface area contributed by atoms with Crippen molar-refractivity contribution in [3.63, 3.8) is 0 Å². The fourth-order valence-corrected chi connectivity index (χ4v) is 6.49. The molecule has 2 aliphatic rings. The lowest BCUT2D eigenvalue weighted by Gasteiger charge is -2.39. The van der Waals surface area contributed by atoms with E-state index in [2.05, 4.69) is 22.0 Å². The van der Waals surface area contributed by atoms with Crippen LogP contribution in [0, 0.1) is 0 Å². The van der Waals surface area contributed by atoms with Crippen molar-refractivity contribution >= 4 is 29.6 Å². The zero-order chi connectivity index (χ0) is 35.8. The molecule has 3 aromatic carbocycles. The predicted molar refractivity (Wildman–Crippen MR) is 189 cm³/mol. The van der Waals surface area contributed by atoms with Gasteiger partial charge in [-0.25, -0.2) is 4.98 Å². The Balaban J connectivity index is 1.27. The van der Waals surface area contributed by atoms with Gasteiger partial charge in [0.25, 0.3) is 0 Å². The molecular formula is C40H40F3N5O3. The average molecular weight is 696 g/mol. The summed E-state index contributed by atoms with van der Waals surface area (Å²) in [6.07, 6.45) is 1.41. The zero-order valence-corrected chi connectivity index (χ0v) is 28.2. The molecule has 264 valence electrons. The molecule has 0 radical (unpaired) electrons. The van der Waals surface area contributed by atoms with Gasteiger partial charge >= 0.3 is 6.18 Å². The largest absolute Gasteiger partial charge is 0.416 e. The lowest BCUT2D eigenvalue weighted by molar-refractivity contribution is -0.145. The molecule has 4 aromatic rings. The molecule has 0 unspecified atom stereocenters. The molecule has 2 aliphatic heterocycles. The van der Waals surface area contributed by atoms with Gasteiger partial charge in [0, 0.05) is 70.9 Å². The van der Waals surface area contributed by atoms with E-state index < -0.39 is 23.7 Å². The normalized spacial score (nSPS) is 16.1. The van der Waals surface area contributed by atoms with Gasteiger partial charge in [-0.1, -0.05) is 78.9 Å². The Bertz CT molecular complexity index is 1810. The van der Waals surface area contributed by atoms with Crippen molar-refractivity contribution in [2.45, 2.75) is 44.6 Å². The van der Waals surface area contributed by atoms with Crippen molar-refractivity contribution in [2.75, 3.05) is 37.6 Å². The number of halogens is 3. The molecule has 0 aliphatic carbocycles. The first-order valence-corrected chi connectivity index (χ1v) is 17.1. The summed E-state index contributed by atoms with van der Waals surface area (Å²) in [5.74, 6) is -0.100. The fraction of sp³-hybridized carbons (Fsp3) is 0.300. The van der Waals surface area contributed by atoms with Crippen molar-refractivity contribution in [1.82, 2.24) is 19.7 Å². The first kappa shape index (κ1) is 35.5. The summed E-state index contributed by atoms with van der Waals surface area (Å²) >= 11 is 0. The highest BCUT2D eigenvalue weighted by atomic mass is 19.4. The molecule has 3 heterocycles. The number of anilines is 1. The third kappa shape index (κ3) is 9.29.